The van der Waals surface area contributed by atoms with Crippen molar-refractivity contribution < 1.29 is 14.7 Å². The number of thiophene rings is 1. The molecule has 0 bridgehead atoms. The summed E-state index contributed by atoms with van der Waals surface area (Å²) in [5.41, 5.74) is 2.09. The normalized spacial score (nSPS) is 11.6. The molecule has 0 radical (unpaired) electrons. The predicted molar refractivity (Wildman–Crippen MR) is 115 cm³/mol. The van der Waals surface area contributed by atoms with Crippen molar-refractivity contribution in [3.8, 4) is 5.75 Å². The van der Waals surface area contributed by atoms with Gasteiger partial charge in [-0.1, -0.05) is 48.5 Å². The molecule has 5 nitrogen and oxygen atoms in total. The van der Waals surface area contributed by atoms with Crippen molar-refractivity contribution >= 4 is 23.2 Å². The molecular weight excluding hydrogens is 384 g/mol. The molecule has 2 aromatic carbocycles. The van der Waals surface area contributed by atoms with Gasteiger partial charge < -0.3 is 15.7 Å². The highest BCUT2D eigenvalue weighted by molar-refractivity contribution is 7.12. The summed E-state index contributed by atoms with van der Waals surface area (Å²) < 4.78 is 0. The number of carbonyl (C=O) groups is 2. The lowest BCUT2D eigenvalue weighted by atomic mass is 10.0. The maximum absolute atomic E-state index is 12.8. The molecule has 0 spiro atoms. The van der Waals surface area contributed by atoms with Gasteiger partial charge in [0.25, 0.3) is 5.91 Å². The second-order valence-electron chi connectivity index (χ2n) is 6.75. The van der Waals surface area contributed by atoms with E-state index in [1.165, 1.54) is 11.3 Å². The van der Waals surface area contributed by atoms with E-state index in [9.17, 15) is 14.7 Å². The van der Waals surface area contributed by atoms with Crippen molar-refractivity contribution in [2.24, 2.45) is 0 Å². The molecule has 0 saturated carbocycles. The Labute approximate surface area is 174 Å². The van der Waals surface area contributed by atoms with Crippen molar-refractivity contribution in [3.05, 3.63) is 88.1 Å². The van der Waals surface area contributed by atoms with Gasteiger partial charge in [0.05, 0.1) is 4.88 Å². The fourth-order valence-corrected chi connectivity index (χ4v) is 3.61. The molecule has 6 heteroatoms. The largest absolute Gasteiger partial charge is 0.508 e. The molecule has 3 aromatic rings. The monoisotopic (exact) mass is 408 g/mol. The van der Waals surface area contributed by atoms with E-state index in [1.54, 1.807) is 18.2 Å². The molecule has 29 heavy (non-hydrogen) atoms. The van der Waals surface area contributed by atoms with Crippen LogP contribution in [0.5, 0.6) is 5.75 Å². The Balaban J connectivity index is 1.55. The van der Waals surface area contributed by atoms with Crippen molar-refractivity contribution in [2.45, 2.75) is 25.3 Å². The molecule has 0 aliphatic carbocycles. The van der Waals surface area contributed by atoms with E-state index in [4.69, 9.17) is 0 Å². The number of hydrogen-bond donors (Lipinski definition) is 3. The fourth-order valence-electron chi connectivity index (χ4n) is 2.99. The summed E-state index contributed by atoms with van der Waals surface area (Å²) in [5, 5.41) is 17.0. The van der Waals surface area contributed by atoms with Gasteiger partial charge in [0, 0.05) is 13.0 Å². The molecule has 2 amide bonds. The van der Waals surface area contributed by atoms with E-state index in [0.717, 1.165) is 24.0 Å². The number of benzene rings is 2. The Morgan fingerprint density at radius 3 is 2.38 bits per heavy atom. The number of aromatic hydroxyl groups is 1. The van der Waals surface area contributed by atoms with Crippen LogP contribution in [0.1, 0.15) is 27.2 Å². The lowest BCUT2D eigenvalue weighted by Gasteiger charge is -2.18. The highest BCUT2D eigenvalue weighted by Gasteiger charge is 2.22. The van der Waals surface area contributed by atoms with Crippen molar-refractivity contribution in [3.63, 3.8) is 0 Å². The molecule has 0 aliphatic heterocycles. The van der Waals surface area contributed by atoms with E-state index in [-0.39, 0.29) is 17.6 Å². The topological polar surface area (TPSA) is 78.4 Å². The summed E-state index contributed by atoms with van der Waals surface area (Å²) in [6.07, 6.45) is 2.00. The molecule has 0 fully saturated rings. The first-order valence-corrected chi connectivity index (χ1v) is 10.4. The fraction of sp³-hybridized carbons (Fsp3) is 0.217. The van der Waals surface area contributed by atoms with E-state index < -0.39 is 6.04 Å². The molecular formula is C23H24N2O3S. The first-order valence-electron chi connectivity index (χ1n) is 9.56. The minimum absolute atomic E-state index is 0.190. The number of amides is 2. The third-order valence-corrected chi connectivity index (χ3v) is 5.40. The second-order valence-corrected chi connectivity index (χ2v) is 7.70. The SMILES string of the molecule is O=C(NC(Cc1ccccc1)C(=O)NCCCc1ccc(O)cc1)c1cccs1. The zero-order valence-electron chi connectivity index (χ0n) is 16.0. The third kappa shape index (κ3) is 6.47. The zero-order valence-corrected chi connectivity index (χ0v) is 16.8. The minimum atomic E-state index is -0.638. The van der Waals surface area contributed by atoms with Crippen LogP contribution in [0.4, 0.5) is 0 Å². The summed E-state index contributed by atoms with van der Waals surface area (Å²) in [4.78, 5) is 25.8. The molecule has 0 saturated heterocycles. The van der Waals surface area contributed by atoms with Crippen LogP contribution < -0.4 is 10.6 Å². The highest BCUT2D eigenvalue weighted by Crippen LogP contribution is 2.12. The summed E-state index contributed by atoms with van der Waals surface area (Å²) in [5.74, 6) is -0.183. The predicted octanol–water partition coefficient (Wildman–Crippen LogP) is 3.54. The first-order chi connectivity index (χ1) is 14.1. The van der Waals surface area contributed by atoms with Crippen molar-refractivity contribution in [1.82, 2.24) is 10.6 Å². The number of nitrogens with one attached hydrogen (secondary N) is 2. The maximum Gasteiger partial charge on any atom is 0.262 e. The zero-order chi connectivity index (χ0) is 20.5. The molecule has 3 N–H and O–H groups in total. The average molecular weight is 409 g/mol. The van der Waals surface area contributed by atoms with Crippen LogP contribution in [0.2, 0.25) is 0 Å². The number of carbonyl (C=O) groups excluding carboxylic acids is 2. The maximum atomic E-state index is 12.8. The lowest BCUT2D eigenvalue weighted by molar-refractivity contribution is -0.122. The Morgan fingerprint density at radius 2 is 1.69 bits per heavy atom. The minimum Gasteiger partial charge on any atom is -0.508 e. The number of phenols is 1. The highest BCUT2D eigenvalue weighted by atomic mass is 32.1. The first kappa shape index (κ1) is 20.6. The van der Waals surface area contributed by atoms with Gasteiger partial charge in [-0.15, -0.1) is 11.3 Å². The van der Waals surface area contributed by atoms with Crippen LogP contribution in [-0.4, -0.2) is 29.5 Å². The van der Waals surface area contributed by atoms with E-state index >= 15 is 0 Å². The molecule has 0 aliphatic rings. The van der Waals surface area contributed by atoms with Crippen molar-refractivity contribution in [1.29, 1.82) is 0 Å². The lowest BCUT2D eigenvalue weighted by Crippen LogP contribution is -2.48. The summed E-state index contributed by atoms with van der Waals surface area (Å²) in [7, 11) is 0. The Hall–Kier alpha value is -3.12. The van der Waals surface area contributed by atoms with Crippen LogP contribution >= 0.6 is 11.3 Å². The van der Waals surface area contributed by atoms with Gasteiger partial charge in [-0.25, -0.2) is 0 Å². The number of rotatable bonds is 9. The van der Waals surface area contributed by atoms with Gasteiger partial charge in [0.1, 0.15) is 11.8 Å². The van der Waals surface area contributed by atoms with Gasteiger partial charge >= 0.3 is 0 Å². The van der Waals surface area contributed by atoms with Crippen LogP contribution in [0, 0.1) is 0 Å². The van der Waals surface area contributed by atoms with Crippen LogP contribution in [0.15, 0.2) is 72.1 Å². The van der Waals surface area contributed by atoms with Crippen LogP contribution in [0.3, 0.4) is 0 Å². The Kier molecular flexibility index (Phi) is 7.41. The smallest absolute Gasteiger partial charge is 0.262 e. The number of hydrogen-bond acceptors (Lipinski definition) is 4. The van der Waals surface area contributed by atoms with Gasteiger partial charge in [0.15, 0.2) is 0 Å². The van der Waals surface area contributed by atoms with Gasteiger partial charge in [-0.3, -0.25) is 9.59 Å². The Morgan fingerprint density at radius 1 is 0.931 bits per heavy atom. The van der Waals surface area contributed by atoms with Crippen LogP contribution in [-0.2, 0) is 17.6 Å². The van der Waals surface area contributed by atoms with Crippen molar-refractivity contribution in [2.75, 3.05) is 6.54 Å². The summed E-state index contributed by atoms with van der Waals surface area (Å²) in [6.45, 7) is 0.514. The molecule has 3 rings (SSSR count). The second kappa shape index (κ2) is 10.4. The average Bonchev–Trinajstić information content (AvgIpc) is 3.28. The van der Waals surface area contributed by atoms with Gasteiger partial charge in [0.2, 0.25) is 5.91 Å². The van der Waals surface area contributed by atoms with Gasteiger partial charge in [-0.2, -0.15) is 0 Å². The summed E-state index contributed by atoms with van der Waals surface area (Å²) >= 11 is 1.35. The number of aryl methyl sites for hydroxylation is 1. The van der Waals surface area contributed by atoms with E-state index in [2.05, 4.69) is 10.6 Å². The summed E-state index contributed by atoms with van der Waals surface area (Å²) in [6, 6.07) is 19.6. The third-order valence-electron chi connectivity index (χ3n) is 4.53. The molecule has 150 valence electrons. The van der Waals surface area contributed by atoms with Crippen LogP contribution in [0.25, 0.3) is 0 Å². The Bertz CT molecular complexity index is 909. The molecule has 1 unspecified atom stereocenters. The quantitative estimate of drug-likeness (QED) is 0.474. The van der Waals surface area contributed by atoms with E-state index in [0.29, 0.717) is 17.8 Å². The van der Waals surface area contributed by atoms with Gasteiger partial charge in [-0.05, 0) is 47.5 Å². The van der Waals surface area contributed by atoms with E-state index in [1.807, 2.05) is 53.9 Å². The molecule has 1 atom stereocenters. The standard InChI is InChI=1S/C23H24N2O3S/c26-19-12-10-17(11-13-19)8-4-14-24-22(27)20(16-18-6-2-1-3-7-18)25-23(28)21-9-5-15-29-21/h1-3,5-7,9-13,15,20,26H,4,8,14,16H2,(H,24,27)(H,25,28). The molecule has 1 aromatic heterocycles. The molecule has 1 heterocycles. The number of phenolic OH excluding ortho intramolecular Hbond substituents is 1.